The molecule has 0 bridgehead atoms. The van der Waals surface area contributed by atoms with Crippen molar-refractivity contribution in [2.45, 2.75) is 6.42 Å². The molecule has 0 heterocycles. The predicted molar refractivity (Wildman–Crippen MR) is 65.9 cm³/mol. The Morgan fingerprint density at radius 1 is 1.00 bits per heavy atom. The van der Waals surface area contributed by atoms with Crippen molar-refractivity contribution in [3.05, 3.63) is 65.5 Å². The second-order valence-electron chi connectivity index (χ2n) is 3.87. The summed E-state index contributed by atoms with van der Waals surface area (Å²) in [5.41, 5.74) is 6.96. The molecule has 2 rings (SSSR count). The van der Waals surface area contributed by atoms with E-state index in [4.69, 9.17) is 10.5 Å². The van der Waals surface area contributed by atoms with Crippen LogP contribution in [-0.4, -0.2) is 6.09 Å². The molecule has 2 aromatic carbocycles. The van der Waals surface area contributed by atoms with E-state index < -0.39 is 6.09 Å². The first-order chi connectivity index (χ1) is 8.63. The van der Waals surface area contributed by atoms with Gasteiger partial charge in [0, 0.05) is 0 Å². The van der Waals surface area contributed by atoms with Gasteiger partial charge in [0.05, 0.1) is 0 Å². The van der Waals surface area contributed by atoms with Crippen molar-refractivity contribution in [2.24, 2.45) is 5.73 Å². The van der Waals surface area contributed by atoms with E-state index in [-0.39, 0.29) is 5.82 Å². The summed E-state index contributed by atoms with van der Waals surface area (Å²) in [7, 11) is 0. The molecule has 1 amide bonds. The van der Waals surface area contributed by atoms with Crippen LogP contribution in [0.2, 0.25) is 0 Å². The third-order valence-electron chi connectivity index (χ3n) is 2.46. The fourth-order valence-electron chi connectivity index (χ4n) is 1.63. The van der Waals surface area contributed by atoms with Crippen molar-refractivity contribution in [3.8, 4) is 5.75 Å². The van der Waals surface area contributed by atoms with E-state index in [2.05, 4.69) is 0 Å². The Bertz CT molecular complexity index is 535. The maximum Gasteiger partial charge on any atom is 0.409 e. The van der Waals surface area contributed by atoms with Gasteiger partial charge in [0.25, 0.3) is 0 Å². The number of benzene rings is 2. The second kappa shape index (κ2) is 5.31. The summed E-state index contributed by atoms with van der Waals surface area (Å²) < 4.78 is 17.5. The van der Waals surface area contributed by atoms with E-state index in [0.29, 0.717) is 12.2 Å². The van der Waals surface area contributed by atoms with Gasteiger partial charge in [-0.1, -0.05) is 24.3 Å². The number of halogens is 1. The van der Waals surface area contributed by atoms with Gasteiger partial charge in [0.1, 0.15) is 11.6 Å². The normalized spacial score (nSPS) is 10.1. The molecule has 3 nitrogen and oxygen atoms in total. The maximum atomic E-state index is 12.7. The highest BCUT2D eigenvalue weighted by molar-refractivity contribution is 5.68. The van der Waals surface area contributed by atoms with Crippen LogP contribution in [0.25, 0.3) is 0 Å². The Balaban J connectivity index is 2.06. The van der Waals surface area contributed by atoms with Crippen molar-refractivity contribution in [2.75, 3.05) is 0 Å². The van der Waals surface area contributed by atoms with E-state index in [9.17, 15) is 9.18 Å². The monoisotopic (exact) mass is 245 g/mol. The third kappa shape index (κ3) is 3.31. The molecule has 18 heavy (non-hydrogen) atoms. The Morgan fingerprint density at radius 3 is 2.00 bits per heavy atom. The van der Waals surface area contributed by atoms with Crippen LogP contribution in [0.3, 0.4) is 0 Å². The van der Waals surface area contributed by atoms with Crippen LogP contribution < -0.4 is 10.5 Å². The van der Waals surface area contributed by atoms with E-state index in [1.807, 2.05) is 12.1 Å². The molecule has 0 saturated carbocycles. The molecule has 0 fully saturated rings. The van der Waals surface area contributed by atoms with Gasteiger partial charge in [-0.25, -0.2) is 9.18 Å². The summed E-state index contributed by atoms with van der Waals surface area (Å²) in [5.74, 6) is 0.161. The number of amides is 1. The average molecular weight is 245 g/mol. The van der Waals surface area contributed by atoms with Crippen molar-refractivity contribution in [1.82, 2.24) is 0 Å². The van der Waals surface area contributed by atoms with Gasteiger partial charge in [0.2, 0.25) is 0 Å². The molecular weight excluding hydrogens is 233 g/mol. The molecule has 0 spiro atoms. The minimum atomic E-state index is -0.832. The summed E-state index contributed by atoms with van der Waals surface area (Å²) in [6.45, 7) is 0. The fourth-order valence-corrected chi connectivity index (χ4v) is 1.63. The van der Waals surface area contributed by atoms with E-state index in [1.54, 1.807) is 24.3 Å². The lowest BCUT2D eigenvalue weighted by Gasteiger charge is -2.04. The smallest absolute Gasteiger partial charge is 0.409 e. The van der Waals surface area contributed by atoms with Gasteiger partial charge < -0.3 is 10.5 Å². The number of ether oxygens (including phenoxy) is 1. The summed E-state index contributed by atoms with van der Waals surface area (Å²) >= 11 is 0. The van der Waals surface area contributed by atoms with Crippen LogP contribution in [0.15, 0.2) is 48.5 Å². The zero-order valence-electron chi connectivity index (χ0n) is 9.60. The van der Waals surface area contributed by atoms with Crippen LogP contribution in [0, 0.1) is 5.82 Å². The van der Waals surface area contributed by atoms with E-state index in [1.165, 1.54) is 12.1 Å². The highest BCUT2D eigenvalue weighted by atomic mass is 19.1. The first-order valence-electron chi connectivity index (χ1n) is 5.44. The number of hydrogen-bond donors (Lipinski definition) is 1. The zero-order valence-corrected chi connectivity index (χ0v) is 9.60. The SMILES string of the molecule is NC(=O)Oc1ccc(Cc2ccc(F)cc2)cc1. The number of primary amides is 1. The average Bonchev–Trinajstić information content (AvgIpc) is 2.34. The fraction of sp³-hybridized carbons (Fsp3) is 0.0714. The number of nitrogens with two attached hydrogens (primary N) is 1. The standard InChI is InChI=1S/C14H12FNO2/c15-12-5-1-10(2-6-12)9-11-3-7-13(8-4-11)18-14(16)17/h1-8H,9H2,(H2,16,17). The van der Waals surface area contributed by atoms with Crippen molar-refractivity contribution < 1.29 is 13.9 Å². The minimum Gasteiger partial charge on any atom is -0.411 e. The van der Waals surface area contributed by atoms with Crippen molar-refractivity contribution >= 4 is 6.09 Å². The lowest BCUT2D eigenvalue weighted by Crippen LogP contribution is -2.16. The van der Waals surface area contributed by atoms with Gasteiger partial charge in [-0.2, -0.15) is 0 Å². The molecule has 0 radical (unpaired) electrons. The van der Waals surface area contributed by atoms with Crippen molar-refractivity contribution in [3.63, 3.8) is 0 Å². The molecule has 0 aliphatic rings. The van der Waals surface area contributed by atoms with Crippen LogP contribution in [-0.2, 0) is 6.42 Å². The summed E-state index contributed by atoms with van der Waals surface area (Å²) in [6.07, 6.45) is -0.141. The van der Waals surface area contributed by atoms with Crippen LogP contribution in [0.1, 0.15) is 11.1 Å². The van der Waals surface area contributed by atoms with E-state index >= 15 is 0 Å². The van der Waals surface area contributed by atoms with Gasteiger partial charge in [-0.3, -0.25) is 0 Å². The lowest BCUT2D eigenvalue weighted by molar-refractivity contribution is 0.211. The van der Waals surface area contributed by atoms with Gasteiger partial charge in [-0.15, -0.1) is 0 Å². The Kier molecular flexibility index (Phi) is 3.57. The quantitative estimate of drug-likeness (QED) is 0.903. The molecule has 0 aromatic heterocycles. The molecule has 0 aliphatic carbocycles. The number of hydrogen-bond acceptors (Lipinski definition) is 2. The van der Waals surface area contributed by atoms with Gasteiger partial charge in [-0.05, 0) is 41.8 Å². The molecule has 4 heteroatoms. The Morgan fingerprint density at radius 2 is 1.50 bits per heavy atom. The molecule has 0 unspecified atom stereocenters. The number of rotatable bonds is 3. The zero-order chi connectivity index (χ0) is 13.0. The second-order valence-corrected chi connectivity index (χ2v) is 3.87. The number of carbonyl (C=O) groups is 1. The highest BCUT2D eigenvalue weighted by Gasteiger charge is 2.00. The maximum absolute atomic E-state index is 12.7. The van der Waals surface area contributed by atoms with Crippen LogP contribution >= 0.6 is 0 Å². The summed E-state index contributed by atoms with van der Waals surface area (Å²) in [6, 6.07) is 13.3. The number of carbonyl (C=O) groups excluding carboxylic acids is 1. The van der Waals surface area contributed by atoms with Crippen LogP contribution in [0.5, 0.6) is 5.75 Å². The molecule has 92 valence electrons. The lowest BCUT2D eigenvalue weighted by atomic mass is 10.1. The summed E-state index contributed by atoms with van der Waals surface area (Å²) in [5, 5.41) is 0. The van der Waals surface area contributed by atoms with Gasteiger partial charge in [0.15, 0.2) is 0 Å². The first kappa shape index (κ1) is 12.1. The predicted octanol–water partition coefficient (Wildman–Crippen LogP) is 2.87. The molecule has 0 atom stereocenters. The summed E-state index contributed by atoms with van der Waals surface area (Å²) in [4.78, 5) is 10.5. The molecule has 2 N–H and O–H groups in total. The Hall–Kier alpha value is -2.36. The minimum absolute atomic E-state index is 0.246. The Labute approximate surface area is 104 Å². The molecule has 0 aliphatic heterocycles. The molecule has 2 aromatic rings. The van der Waals surface area contributed by atoms with Gasteiger partial charge >= 0.3 is 6.09 Å². The third-order valence-corrected chi connectivity index (χ3v) is 2.46. The molecular formula is C14H12FNO2. The largest absolute Gasteiger partial charge is 0.411 e. The van der Waals surface area contributed by atoms with Crippen LogP contribution in [0.4, 0.5) is 9.18 Å². The van der Waals surface area contributed by atoms with E-state index in [0.717, 1.165) is 11.1 Å². The first-order valence-corrected chi connectivity index (χ1v) is 5.44. The van der Waals surface area contributed by atoms with Crippen molar-refractivity contribution in [1.29, 1.82) is 0 Å². The molecule has 0 saturated heterocycles. The topological polar surface area (TPSA) is 52.3 Å². The highest BCUT2D eigenvalue weighted by Crippen LogP contribution is 2.15.